The predicted molar refractivity (Wildman–Crippen MR) is 107 cm³/mol. The number of halogens is 1. The van der Waals surface area contributed by atoms with Crippen LogP contribution in [0.25, 0.3) is 6.08 Å². The third kappa shape index (κ3) is 3.50. The Hall–Kier alpha value is -3.13. The Morgan fingerprint density at radius 2 is 1.79 bits per heavy atom. The van der Waals surface area contributed by atoms with E-state index >= 15 is 0 Å². The van der Waals surface area contributed by atoms with E-state index in [1.165, 1.54) is 20.3 Å². The molecule has 0 aliphatic carbocycles. The summed E-state index contributed by atoms with van der Waals surface area (Å²) in [5.74, 6) is -0.542. The SMILES string of the molecule is COc1cc(/C=C2/C(=O)NC(=O)N(c3ccccc3C)C2=O)cc(Br)c1OC. The Bertz CT molecular complexity index is 1020. The van der Waals surface area contributed by atoms with Gasteiger partial charge in [0.15, 0.2) is 11.5 Å². The Labute approximate surface area is 170 Å². The van der Waals surface area contributed by atoms with Gasteiger partial charge in [0.05, 0.1) is 24.4 Å². The summed E-state index contributed by atoms with van der Waals surface area (Å²) in [6.07, 6.45) is 1.40. The molecule has 1 heterocycles. The van der Waals surface area contributed by atoms with Gasteiger partial charge in [-0.15, -0.1) is 0 Å². The molecule has 0 unspecified atom stereocenters. The number of ether oxygens (including phenoxy) is 2. The standard InChI is InChI=1S/C20H17BrN2O5/c1-11-6-4-5-7-15(11)23-19(25)13(18(24)22-20(23)26)8-12-9-14(21)17(28-3)16(10-12)27-2/h4-10H,1-3H3,(H,22,24,26)/b13-8-. The van der Waals surface area contributed by atoms with Crippen LogP contribution in [0.4, 0.5) is 10.5 Å². The molecule has 1 fully saturated rings. The number of barbiturate groups is 1. The predicted octanol–water partition coefficient (Wildman–Crippen LogP) is 3.44. The summed E-state index contributed by atoms with van der Waals surface area (Å²) in [6, 6.07) is 9.47. The van der Waals surface area contributed by atoms with Crippen LogP contribution in [0.1, 0.15) is 11.1 Å². The van der Waals surface area contributed by atoms with Gasteiger partial charge in [-0.3, -0.25) is 14.9 Å². The summed E-state index contributed by atoms with van der Waals surface area (Å²) in [5.41, 5.74) is 1.51. The van der Waals surface area contributed by atoms with Gasteiger partial charge in [-0.2, -0.15) is 0 Å². The second kappa shape index (κ2) is 7.85. The summed E-state index contributed by atoms with van der Waals surface area (Å²) in [6.45, 7) is 1.78. The molecular weight excluding hydrogens is 428 g/mol. The maximum Gasteiger partial charge on any atom is 0.335 e. The number of hydrogen-bond donors (Lipinski definition) is 1. The highest BCUT2D eigenvalue weighted by molar-refractivity contribution is 9.10. The van der Waals surface area contributed by atoms with Gasteiger partial charge in [-0.05, 0) is 58.3 Å². The van der Waals surface area contributed by atoms with Crippen molar-refractivity contribution in [2.75, 3.05) is 19.1 Å². The number of amides is 4. The topological polar surface area (TPSA) is 84.9 Å². The molecule has 1 saturated heterocycles. The molecule has 0 saturated carbocycles. The zero-order chi connectivity index (χ0) is 20.4. The number of anilines is 1. The van der Waals surface area contributed by atoms with Crippen molar-refractivity contribution in [3.05, 3.63) is 57.6 Å². The average molecular weight is 445 g/mol. The Balaban J connectivity index is 2.07. The minimum absolute atomic E-state index is 0.165. The van der Waals surface area contributed by atoms with E-state index in [0.29, 0.717) is 27.2 Å². The molecule has 0 spiro atoms. The lowest BCUT2D eigenvalue weighted by molar-refractivity contribution is -0.122. The molecular formula is C20H17BrN2O5. The molecule has 0 bridgehead atoms. The molecule has 28 heavy (non-hydrogen) atoms. The Kier molecular flexibility index (Phi) is 5.51. The molecule has 2 aromatic rings. The van der Waals surface area contributed by atoms with Crippen molar-refractivity contribution in [3.8, 4) is 11.5 Å². The summed E-state index contributed by atoms with van der Waals surface area (Å²) < 4.78 is 11.1. The lowest BCUT2D eigenvalue weighted by Gasteiger charge is -2.27. The van der Waals surface area contributed by atoms with Crippen LogP contribution in [0, 0.1) is 6.92 Å². The second-order valence-corrected chi connectivity index (χ2v) is 6.84. The van der Waals surface area contributed by atoms with E-state index in [2.05, 4.69) is 21.2 Å². The lowest BCUT2D eigenvalue weighted by Crippen LogP contribution is -2.54. The first kappa shape index (κ1) is 19.6. The van der Waals surface area contributed by atoms with E-state index in [1.54, 1.807) is 43.3 Å². The fourth-order valence-electron chi connectivity index (χ4n) is 2.88. The molecule has 4 amide bonds. The number of hydrogen-bond acceptors (Lipinski definition) is 5. The summed E-state index contributed by atoms with van der Waals surface area (Å²) in [4.78, 5) is 38.6. The summed E-state index contributed by atoms with van der Waals surface area (Å²) in [7, 11) is 2.99. The van der Waals surface area contributed by atoms with Gasteiger partial charge in [-0.1, -0.05) is 18.2 Å². The summed E-state index contributed by atoms with van der Waals surface area (Å²) >= 11 is 3.38. The van der Waals surface area contributed by atoms with Crippen LogP contribution in [0.5, 0.6) is 11.5 Å². The van der Waals surface area contributed by atoms with Crippen molar-refractivity contribution in [3.63, 3.8) is 0 Å². The van der Waals surface area contributed by atoms with Crippen LogP contribution in [-0.2, 0) is 9.59 Å². The zero-order valence-electron chi connectivity index (χ0n) is 15.4. The highest BCUT2D eigenvalue weighted by Gasteiger charge is 2.37. The van der Waals surface area contributed by atoms with Crippen molar-refractivity contribution < 1.29 is 23.9 Å². The number of para-hydroxylation sites is 1. The molecule has 0 atom stereocenters. The molecule has 0 aromatic heterocycles. The van der Waals surface area contributed by atoms with Crippen LogP contribution in [-0.4, -0.2) is 32.1 Å². The third-order valence-corrected chi connectivity index (χ3v) is 4.81. The van der Waals surface area contributed by atoms with Crippen molar-refractivity contribution in [2.45, 2.75) is 6.92 Å². The molecule has 2 aromatic carbocycles. The maximum atomic E-state index is 13.0. The molecule has 3 rings (SSSR count). The molecule has 1 aliphatic rings. The highest BCUT2D eigenvalue weighted by atomic mass is 79.9. The van der Waals surface area contributed by atoms with Crippen molar-refractivity contribution in [2.24, 2.45) is 0 Å². The maximum absolute atomic E-state index is 13.0. The molecule has 0 radical (unpaired) electrons. The normalized spacial score (nSPS) is 15.6. The largest absolute Gasteiger partial charge is 0.493 e. The lowest BCUT2D eigenvalue weighted by atomic mass is 10.1. The van der Waals surface area contributed by atoms with Crippen molar-refractivity contribution in [1.29, 1.82) is 0 Å². The number of urea groups is 1. The fraction of sp³-hybridized carbons (Fsp3) is 0.150. The number of benzene rings is 2. The molecule has 1 aliphatic heterocycles. The quantitative estimate of drug-likeness (QED) is 0.576. The van der Waals surface area contributed by atoms with Gasteiger partial charge in [0.25, 0.3) is 11.8 Å². The Morgan fingerprint density at radius 3 is 2.43 bits per heavy atom. The van der Waals surface area contributed by atoms with Gasteiger partial charge in [-0.25, -0.2) is 9.69 Å². The molecule has 144 valence electrons. The number of nitrogens with one attached hydrogen (secondary N) is 1. The van der Waals surface area contributed by atoms with E-state index in [-0.39, 0.29) is 5.57 Å². The van der Waals surface area contributed by atoms with Crippen molar-refractivity contribution in [1.82, 2.24) is 5.32 Å². The van der Waals surface area contributed by atoms with E-state index in [4.69, 9.17) is 9.47 Å². The second-order valence-electron chi connectivity index (χ2n) is 5.98. The Morgan fingerprint density at radius 1 is 1.07 bits per heavy atom. The molecule has 1 N–H and O–H groups in total. The number of nitrogens with zero attached hydrogens (tertiary/aromatic N) is 1. The first-order valence-electron chi connectivity index (χ1n) is 8.26. The summed E-state index contributed by atoms with van der Waals surface area (Å²) in [5, 5.41) is 2.21. The van der Waals surface area contributed by atoms with Gasteiger partial charge < -0.3 is 9.47 Å². The highest BCUT2D eigenvalue weighted by Crippen LogP contribution is 2.37. The van der Waals surface area contributed by atoms with E-state index < -0.39 is 17.8 Å². The number of carbonyl (C=O) groups is 3. The van der Waals surface area contributed by atoms with E-state index in [0.717, 1.165) is 10.5 Å². The fourth-order valence-corrected chi connectivity index (χ4v) is 3.50. The van der Waals surface area contributed by atoms with Gasteiger partial charge in [0.1, 0.15) is 5.57 Å². The molecule has 8 heteroatoms. The van der Waals surface area contributed by atoms with Crippen LogP contribution in [0.2, 0.25) is 0 Å². The van der Waals surface area contributed by atoms with Crippen LogP contribution < -0.4 is 19.7 Å². The first-order chi connectivity index (χ1) is 13.4. The number of aryl methyl sites for hydroxylation is 1. The number of methoxy groups -OCH3 is 2. The monoisotopic (exact) mass is 444 g/mol. The average Bonchev–Trinajstić information content (AvgIpc) is 2.66. The van der Waals surface area contributed by atoms with Crippen LogP contribution in [0.15, 0.2) is 46.4 Å². The van der Waals surface area contributed by atoms with E-state index in [9.17, 15) is 14.4 Å². The van der Waals surface area contributed by atoms with Gasteiger partial charge in [0, 0.05) is 0 Å². The zero-order valence-corrected chi connectivity index (χ0v) is 17.0. The van der Waals surface area contributed by atoms with Crippen molar-refractivity contribution >= 4 is 45.5 Å². The third-order valence-electron chi connectivity index (χ3n) is 4.22. The van der Waals surface area contributed by atoms with Gasteiger partial charge in [0.2, 0.25) is 0 Å². The molecule has 7 nitrogen and oxygen atoms in total. The van der Waals surface area contributed by atoms with Crippen LogP contribution >= 0.6 is 15.9 Å². The minimum atomic E-state index is -0.782. The van der Waals surface area contributed by atoms with Gasteiger partial charge >= 0.3 is 6.03 Å². The minimum Gasteiger partial charge on any atom is -0.493 e. The van der Waals surface area contributed by atoms with E-state index in [1.807, 2.05) is 0 Å². The smallest absolute Gasteiger partial charge is 0.335 e. The first-order valence-corrected chi connectivity index (χ1v) is 9.05. The number of carbonyl (C=O) groups excluding carboxylic acids is 3. The number of imide groups is 2. The van der Waals surface area contributed by atoms with Crippen LogP contribution in [0.3, 0.4) is 0 Å². The number of rotatable bonds is 4.